The third-order valence-corrected chi connectivity index (χ3v) is 6.86. The first-order valence-electron chi connectivity index (χ1n) is 8.76. The van der Waals surface area contributed by atoms with E-state index in [9.17, 15) is 8.42 Å². The minimum atomic E-state index is -3.06. The van der Waals surface area contributed by atoms with E-state index in [-0.39, 0.29) is 5.75 Å². The van der Waals surface area contributed by atoms with Gasteiger partial charge < -0.3 is 15.0 Å². The molecule has 1 N–H and O–H groups in total. The monoisotopic (exact) mass is 367 g/mol. The molecule has 1 aliphatic heterocycles. The smallest absolute Gasteiger partial charge is 0.194 e. The van der Waals surface area contributed by atoms with Crippen LogP contribution in [-0.4, -0.2) is 56.0 Å². The molecule has 0 spiro atoms. The van der Waals surface area contributed by atoms with Gasteiger partial charge in [0.1, 0.15) is 5.75 Å². The highest BCUT2D eigenvalue weighted by Gasteiger charge is 2.40. The fourth-order valence-corrected chi connectivity index (χ4v) is 4.14. The van der Waals surface area contributed by atoms with Crippen molar-refractivity contribution >= 4 is 15.8 Å². The SMILES string of the molecule is CCNC(=NCc1ccc(OCC)cc1)N1CCS(=O)(=O)C(C)(C)C1. The number of hydrogen-bond donors (Lipinski definition) is 1. The van der Waals surface area contributed by atoms with Gasteiger partial charge in [0.2, 0.25) is 0 Å². The van der Waals surface area contributed by atoms with Gasteiger partial charge >= 0.3 is 0 Å². The second kappa shape index (κ2) is 8.08. The summed E-state index contributed by atoms with van der Waals surface area (Å²) < 4.78 is 29.1. The Morgan fingerprint density at radius 1 is 1.28 bits per heavy atom. The van der Waals surface area contributed by atoms with Crippen LogP contribution in [0.25, 0.3) is 0 Å². The summed E-state index contributed by atoms with van der Waals surface area (Å²) in [5.74, 6) is 1.78. The third kappa shape index (κ3) is 4.87. The Kier molecular flexibility index (Phi) is 6.32. The van der Waals surface area contributed by atoms with Gasteiger partial charge in [0.15, 0.2) is 15.8 Å². The molecule has 0 bridgehead atoms. The van der Waals surface area contributed by atoms with Gasteiger partial charge in [0.25, 0.3) is 0 Å². The Bertz CT molecular complexity index is 697. The molecule has 0 unspecified atom stereocenters. The highest BCUT2D eigenvalue weighted by Crippen LogP contribution is 2.24. The summed E-state index contributed by atoms with van der Waals surface area (Å²) in [6.07, 6.45) is 0. The van der Waals surface area contributed by atoms with Crippen LogP contribution in [0, 0.1) is 0 Å². The molecule has 0 radical (unpaired) electrons. The molecule has 0 aliphatic carbocycles. The highest BCUT2D eigenvalue weighted by molar-refractivity contribution is 7.92. The van der Waals surface area contributed by atoms with Gasteiger partial charge in [0.05, 0.1) is 23.7 Å². The molecular weight excluding hydrogens is 338 g/mol. The molecule has 6 nitrogen and oxygen atoms in total. The average Bonchev–Trinajstić information content (AvgIpc) is 2.56. The Morgan fingerprint density at radius 2 is 1.96 bits per heavy atom. The van der Waals surface area contributed by atoms with E-state index >= 15 is 0 Å². The van der Waals surface area contributed by atoms with Gasteiger partial charge in [-0.1, -0.05) is 12.1 Å². The van der Waals surface area contributed by atoms with Crippen LogP contribution in [0.15, 0.2) is 29.3 Å². The van der Waals surface area contributed by atoms with Gasteiger partial charge in [-0.3, -0.25) is 0 Å². The zero-order chi connectivity index (χ0) is 18.5. The molecule has 1 aromatic carbocycles. The van der Waals surface area contributed by atoms with E-state index in [0.29, 0.717) is 26.2 Å². The van der Waals surface area contributed by atoms with Crippen molar-refractivity contribution in [2.24, 2.45) is 4.99 Å². The van der Waals surface area contributed by atoms with Crippen LogP contribution < -0.4 is 10.1 Å². The number of nitrogens with one attached hydrogen (secondary N) is 1. The maximum absolute atomic E-state index is 12.2. The lowest BCUT2D eigenvalue weighted by Crippen LogP contribution is -2.57. The lowest BCUT2D eigenvalue weighted by molar-refractivity contribution is 0.340. The van der Waals surface area contributed by atoms with Crippen molar-refractivity contribution in [1.29, 1.82) is 0 Å². The lowest BCUT2D eigenvalue weighted by Gasteiger charge is -2.39. The van der Waals surface area contributed by atoms with Crippen LogP contribution in [0.5, 0.6) is 5.75 Å². The van der Waals surface area contributed by atoms with Crippen LogP contribution in [0.3, 0.4) is 0 Å². The zero-order valence-corrected chi connectivity index (χ0v) is 16.4. The van der Waals surface area contributed by atoms with Gasteiger partial charge in [-0.2, -0.15) is 0 Å². The van der Waals surface area contributed by atoms with Crippen LogP contribution >= 0.6 is 0 Å². The molecule has 1 saturated heterocycles. The maximum atomic E-state index is 12.2. The average molecular weight is 368 g/mol. The molecule has 1 fully saturated rings. The minimum absolute atomic E-state index is 0.160. The van der Waals surface area contributed by atoms with Crippen LogP contribution in [0.1, 0.15) is 33.3 Å². The van der Waals surface area contributed by atoms with Crippen molar-refractivity contribution in [2.75, 3.05) is 32.0 Å². The van der Waals surface area contributed by atoms with Crippen molar-refractivity contribution in [3.63, 3.8) is 0 Å². The molecule has 25 heavy (non-hydrogen) atoms. The van der Waals surface area contributed by atoms with Crippen LogP contribution in [-0.2, 0) is 16.4 Å². The normalized spacial score (nSPS) is 19.5. The second-order valence-corrected chi connectivity index (χ2v) is 9.49. The quantitative estimate of drug-likeness (QED) is 0.637. The molecule has 1 heterocycles. The summed E-state index contributed by atoms with van der Waals surface area (Å²) in [6.45, 7) is 10.4. The van der Waals surface area contributed by atoms with E-state index in [2.05, 4.69) is 5.32 Å². The summed E-state index contributed by atoms with van der Waals surface area (Å²) >= 11 is 0. The summed E-state index contributed by atoms with van der Waals surface area (Å²) in [7, 11) is -3.06. The van der Waals surface area contributed by atoms with E-state index in [1.807, 2.05) is 43.0 Å². The molecule has 0 saturated carbocycles. The van der Waals surface area contributed by atoms with E-state index in [0.717, 1.165) is 23.8 Å². The van der Waals surface area contributed by atoms with Crippen molar-refractivity contribution < 1.29 is 13.2 Å². The molecule has 0 amide bonds. The summed E-state index contributed by atoms with van der Waals surface area (Å²) in [5, 5.41) is 3.28. The zero-order valence-electron chi connectivity index (χ0n) is 15.6. The molecule has 7 heteroatoms. The molecule has 2 rings (SSSR count). The first-order chi connectivity index (χ1) is 11.8. The molecule has 1 aromatic rings. The van der Waals surface area contributed by atoms with E-state index in [1.54, 1.807) is 13.8 Å². The van der Waals surface area contributed by atoms with Gasteiger partial charge in [-0.05, 0) is 45.4 Å². The number of ether oxygens (including phenoxy) is 1. The predicted octanol–water partition coefficient (Wildman–Crippen LogP) is 2.06. The number of sulfone groups is 1. The third-order valence-electron chi connectivity index (χ3n) is 4.32. The molecule has 1 aliphatic rings. The maximum Gasteiger partial charge on any atom is 0.194 e. The number of hydrogen-bond acceptors (Lipinski definition) is 4. The summed E-state index contributed by atoms with van der Waals surface area (Å²) in [5.41, 5.74) is 1.09. The summed E-state index contributed by atoms with van der Waals surface area (Å²) in [4.78, 5) is 6.73. The van der Waals surface area contributed by atoms with Crippen molar-refractivity contribution in [3.05, 3.63) is 29.8 Å². The fourth-order valence-electron chi connectivity index (χ4n) is 2.77. The Balaban J connectivity index is 2.10. The number of rotatable bonds is 5. The van der Waals surface area contributed by atoms with Gasteiger partial charge in [0, 0.05) is 19.6 Å². The van der Waals surface area contributed by atoms with Gasteiger partial charge in [-0.25, -0.2) is 13.4 Å². The first-order valence-corrected chi connectivity index (χ1v) is 10.4. The van der Waals surface area contributed by atoms with Crippen molar-refractivity contribution in [3.8, 4) is 5.75 Å². The minimum Gasteiger partial charge on any atom is -0.494 e. The predicted molar refractivity (Wildman–Crippen MR) is 102 cm³/mol. The summed E-state index contributed by atoms with van der Waals surface area (Å²) in [6, 6.07) is 7.89. The van der Waals surface area contributed by atoms with Crippen LogP contribution in [0.4, 0.5) is 0 Å². The highest BCUT2D eigenvalue weighted by atomic mass is 32.2. The fraction of sp³-hybridized carbons (Fsp3) is 0.611. The molecule has 140 valence electrons. The Hall–Kier alpha value is -1.76. The second-order valence-electron chi connectivity index (χ2n) is 6.75. The first kappa shape index (κ1) is 19.6. The number of benzene rings is 1. The van der Waals surface area contributed by atoms with Crippen LogP contribution in [0.2, 0.25) is 0 Å². The van der Waals surface area contributed by atoms with E-state index < -0.39 is 14.6 Å². The molecule has 0 atom stereocenters. The Morgan fingerprint density at radius 3 is 2.52 bits per heavy atom. The van der Waals surface area contributed by atoms with E-state index in [4.69, 9.17) is 9.73 Å². The van der Waals surface area contributed by atoms with Crippen molar-refractivity contribution in [1.82, 2.24) is 10.2 Å². The topological polar surface area (TPSA) is 71.0 Å². The van der Waals surface area contributed by atoms with Gasteiger partial charge in [-0.15, -0.1) is 0 Å². The largest absolute Gasteiger partial charge is 0.494 e. The molecular formula is C18H29N3O3S. The number of nitrogens with zero attached hydrogens (tertiary/aromatic N) is 2. The molecule has 0 aromatic heterocycles. The standard InChI is InChI=1S/C18H29N3O3S/c1-5-19-17(21-11-12-25(22,23)18(3,4)14-21)20-13-15-7-9-16(10-8-15)24-6-2/h7-10H,5-6,11-14H2,1-4H3,(H,19,20). The Labute approximate surface area is 151 Å². The number of guanidine groups is 1. The van der Waals surface area contributed by atoms with E-state index in [1.165, 1.54) is 0 Å². The number of aliphatic imine (C=N–C) groups is 1. The lowest BCUT2D eigenvalue weighted by atomic mass is 10.2. The van der Waals surface area contributed by atoms with Crippen molar-refractivity contribution in [2.45, 2.75) is 39.0 Å².